The minimum Gasteiger partial charge on any atom is -0.855 e. The van der Waals surface area contributed by atoms with E-state index in [1.54, 1.807) is 13.8 Å². The third-order valence-corrected chi connectivity index (χ3v) is 0. The first-order valence-electron chi connectivity index (χ1n) is 1.99. The molecule has 0 aliphatic rings. The van der Waals surface area contributed by atoms with Crippen molar-refractivity contribution in [3.8, 4) is 0 Å². The molecule has 0 bridgehead atoms. The molecule has 0 saturated heterocycles. The van der Waals surface area contributed by atoms with Gasteiger partial charge >= 0.3 is 43.4 Å². The van der Waals surface area contributed by atoms with Crippen LogP contribution in [0.3, 0.4) is 0 Å². The van der Waals surface area contributed by atoms with E-state index in [1.807, 2.05) is 0 Å². The second-order valence-corrected chi connectivity index (χ2v) is 0.577. The molecule has 4 heteroatoms. The van der Waals surface area contributed by atoms with Crippen LogP contribution in [0, 0.1) is 0 Å². The second kappa shape index (κ2) is 40.2. The smallest absolute Gasteiger partial charge is 0.855 e. The second-order valence-electron chi connectivity index (χ2n) is 0.577. The summed E-state index contributed by atoms with van der Waals surface area (Å²) in [5.74, 6) is 0. The Hall–Kier alpha value is 1.35. The minimum atomic E-state index is 0. The average molecular weight is 186 g/mol. The van der Waals surface area contributed by atoms with Gasteiger partial charge in [0.15, 0.2) is 0 Å². The first-order valence-corrected chi connectivity index (χ1v) is 1.99. The quantitative estimate of drug-likeness (QED) is 0.442. The summed E-state index contributed by atoms with van der Waals surface area (Å²) in [6.07, 6.45) is 0. The molecule has 0 fully saturated rings. The summed E-state index contributed by atoms with van der Waals surface area (Å²) in [4.78, 5) is 0. The molecule has 0 aromatic rings. The van der Waals surface area contributed by atoms with Crippen LogP contribution in [0.2, 0.25) is 0 Å². The molecule has 0 atom stereocenters. The molecule has 2 nitrogen and oxygen atoms in total. The molecule has 0 spiro atoms. The van der Waals surface area contributed by atoms with Crippen molar-refractivity contribution in [1.29, 1.82) is 0 Å². The van der Waals surface area contributed by atoms with E-state index in [-0.39, 0.29) is 56.6 Å². The predicted octanol–water partition coefficient (Wildman–Crippen LogP) is -1.27. The van der Waals surface area contributed by atoms with E-state index in [4.69, 9.17) is 10.2 Å². The van der Waals surface area contributed by atoms with Gasteiger partial charge in [-0.25, -0.2) is 0 Å². The van der Waals surface area contributed by atoms with E-state index in [1.165, 1.54) is 0 Å². The largest absolute Gasteiger partial charge is 4.00 e. The molecular weight excluding hydrogens is 176 g/mol. The third-order valence-electron chi connectivity index (χ3n) is 0. The molecule has 0 N–H and O–H groups in total. The molecular formula is C4H10O2Ti2+6. The van der Waals surface area contributed by atoms with Crippen LogP contribution < -0.4 is 10.2 Å². The van der Waals surface area contributed by atoms with Gasteiger partial charge in [0.1, 0.15) is 0 Å². The first-order chi connectivity index (χ1) is 2.83. The van der Waals surface area contributed by atoms with Crippen LogP contribution in [-0.2, 0) is 43.4 Å². The maximum atomic E-state index is 8.93. The topological polar surface area (TPSA) is 46.1 Å². The fourth-order valence-corrected chi connectivity index (χ4v) is 0. The number of hydrogen-bond acceptors (Lipinski definition) is 2. The van der Waals surface area contributed by atoms with Gasteiger partial charge < -0.3 is 10.2 Å². The Morgan fingerprint density at radius 2 is 0.875 bits per heavy atom. The Morgan fingerprint density at radius 3 is 0.875 bits per heavy atom. The van der Waals surface area contributed by atoms with Crippen LogP contribution in [0.25, 0.3) is 0 Å². The molecule has 40 valence electrons. The molecule has 0 aliphatic heterocycles. The monoisotopic (exact) mass is 186 g/mol. The predicted molar refractivity (Wildman–Crippen MR) is 21.1 cm³/mol. The maximum Gasteiger partial charge on any atom is 4.00 e. The molecule has 0 amide bonds. The van der Waals surface area contributed by atoms with Crippen molar-refractivity contribution in [1.82, 2.24) is 0 Å². The first kappa shape index (κ1) is 22.8. The SMILES string of the molecule is CC[O-].CC[O-].[Ti+4].[Ti+4]. The van der Waals surface area contributed by atoms with Gasteiger partial charge in [-0.2, -0.15) is 0 Å². The Morgan fingerprint density at radius 1 is 0.875 bits per heavy atom. The average Bonchev–Trinajstić information content (AvgIpc) is 1.39. The Balaban J connectivity index is -0.0000000160. The molecule has 0 aromatic heterocycles. The van der Waals surface area contributed by atoms with E-state index in [0.717, 1.165) is 0 Å². The van der Waals surface area contributed by atoms with Crippen molar-refractivity contribution < 1.29 is 53.6 Å². The van der Waals surface area contributed by atoms with E-state index in [2.05, 4.69) is 0 Å². The van der Waals surface area contributed by atoms with Crippen molar-refractivity contribution in [2.24, 2.45) is 0 Å². The van der Waals surface area contributed by atoms with Gasteiger partial charge in [-0.05, 0) is 0 Å². The van der Waals surface area contributed by atoms with Crippen molar-refractivity contribution in [2.75, 3.05) is 13.2 Å². The summed E-state index contributed by atoms with van der Waals surface area (Å²) in [5, 5.41) is 17.9. The van der Waals surface area contributed by atoms with Crippen LogP contribution >= 0.6 is 0 Å². The minimum absolute atomic E-state index is 0. The molecule has 0 saturated carbocycles. The summed E-state index contributed by atoms with van der Waals surface area (Å²) in [6.45, 7) is 3.14. The molecule has 0 radical (unpaired) electrons. The summed E-state index contributed by atoms with van der Waals surface area (Å²) < 4.78 is 0. The normalized spacial score (nSPS) is 4.50. The molecule has 8 heavy (non-hydrogen) atoms. The summed E-state index contributed by atoms with van der Waals surface area (Å²) in [5.41, 5.74) is 0. The zero-order valence-corrected chi connectivity index (χ0v) is 8.35. The molecule has 0 unspecified atom stereocenters. The summed E-state index contributed by atoms with van der Waals surface area (Å²) >= 11 is 0. The number of hydrogen-bond donors (Lipinski definition) is 0. The maximum absolute atomic E-state index is 8.93. The van der Waals surface area contributed by atoms with E-state index in [9.17, 15) is 0 Å². The van der Waals surface area contributed by atoms with Crippen molar-refractivity contribution >= 4 is 0 Å². The third kappa shape index (κ3) is 163. The van der Waals surface area contributed by atoms with Gasteiger partial charge in [0.2, 0.25) is 0 Å². The van der Waals surface area contributed by atoms with Gasteiger partial charge in [-0.3, -0.25) is 0 Å². The fraction of sp³-hybridized carbons (Fsp3) is 1.00. The van der Waals surface area contributed by atoms with Crippen molar-refractivity contribution in [3.63, 3.8) is 0 Å². The van der Waals surface area contributed by atoms with Crippen molar-refractivity contribution in [3.05, 3.63) is 0 Å². The Labute approximate surface area is 80.4 Å². The molecule has 0 heterocycles. The van der Waals surface area contributed by atoms with E-state index < -0.39 is 0 Å². The van der Waals surface area contributed by atoms with Crippen molar-refractivity contribution in [2.45, 2.75) is 13.8 Å². The zero-order chi connectivity index (χ0) is 5.41. The van der Waals surface area contributed by atoms with Crippen LogP contribution in [0.5, 0.6) is 0 Å². The Bertz CT molecular complexity index is 14.0. The van der Waals surface area contributed by atoms with Crippen LogP contribution in [0.4, 0.5) is 0 Å². The zero-order valence-electron chi connectivity index (χ0n) is 5.23. The van der Waals surface area contributed by atoms with Gasteiger partial charge in [-0.1, -0.05) is 13.8 Å². The van der Waals surface area contributed by atoms with Gasteiger partial charge in [0.05, 0.1) is 0 Å². The standard InChI is InChI=1S/2C2H5O.2Ti/c2*1-2-3;;/h2*2H2,1H3;;/q2*-1;2*+4. The van der Waals surface area contributed by atoms with E-state index >= 15 is 0 Å². The van der Waals surface area contributed by atoms with Crippen LogP contribution in [0.15, 0.2) is 0 Å². The Kier molecular flexibility index (Phi) is 114. The molecule has 0 aliphatic carbocycles. The summed E-state index contributed by atoms with van der Waals surface area (Å²) in [7, 11) is 0. The van der Waals surface area contributed by atoms with E-state index in [0.29, 0.717) is 0 Å². The van der Waals surface area contributed by atoms with Gasteiger partial charge in [0, 0.05) is 0 Å². The molecule has 0 aromatic carbocycles. The summed E-state index contributed by atoms with van der Waals surface area (Å²) in [6, 6.07) is 0. The van der Waals surface area contributed by atoms with Crippen LogP contribution in [-0.4, -0.2) is 13.2 Å². The van der Waals surface area contributed by atoms with Crippen LogP contribution in [0.1, 0.15) is 13.8 Å². The van der Waals surface area contributed by atoms with Gasteiger partial charge in [-0.15, -0.1) is 13.2 Å². The molecule has 0 rings (SSSR count). The fourth-order valence-electron chi connectivity index (χ4n) is 0. The number of rotatable bonds is 0. The van der Waals surface area contributed by atoms with Gasteiger partial charge in [0.25, 0.3) is 0 Å².